The van der Waals surface area contributed by atoms with Gasteiger partial charge in [-0.3, -0.25) is 4.72 Å². The highest BCUT2D eigenvalue weighted by atomic mass is 35.5. The van der Waals surface area contributed by atoms with Gasteiger partial charge < -0.3 is 15.5 Å². The Kier molecular flexibility index (Phi) is 6.91. The smallest absolute Gasteiger partial charge is 0.323 e. The van der Waals surface area contributed by atoms with Crippen LogP contribution in [0.4, 0.5) is 27.5 Å². The van der Waals surface area contributed by atoms with Crippen LogP contribution in [0.1, 0.15) is 18.4 Å². The van der Waals surface area contributed by atoms with Gasteiger partial charge in [0.2, 0.25) is 0 Å². The van der Waals surface area contributed by atoms with Crippen LogP contribution in [-0.4, -0.2) is 27.5 Å². The van der Waals surface area contributed by atoms with Crippen molar-refractivity contribution in [2.45, 2.75) is 17.7 Å². The van der Waals surface area contributed by atoms with Gasteiger partial charge >= 0.3 is 6.03 Å². The van der Waals surface area contributed by atoms with Gasteiger partial charge in [0.15, 0.2) is 0 Å². The minimum Gasteiger partial charge on any atom is -0.370 e. The van der Waals surface area contributed by atoms with E-state index in [4.69, 9.17) is 11.6 Å². The zero-order valence-electron chi connectivity index (χ0n) is 18.1. The second-order valence-corrected chi connectivity index (χ2v) is 9.84. The molecule has 8 nitrogen and oxygen atoms in total. The maximum Gasteiger partial charge on any atom is 0.323 e. The fraction of sp³-hybridized carbons (Fsp3) is 0.167. The molecule has 4 rings (SSSR count). The van der Waals surface area contributed by atoms with Crippen LogP contribution in [0.25, 0.3) is 0 Å². The zero-order valence-corrected chi connectivity index (χ0v) is 19.7. The third-order valence-corrected chi connectivity index (χ3v) is 7.00. The number of nitrogens with one attached hydrogen (secondary N) is 3. The highest BCUT2D eigenvalue weighted by molar-refractivity contribution is 7.92. The van der Waals surface area contributed by atoms with E-state index in [1.165, 1.54) is 12.1 Å². The Hall–Kier alpha value is -3.74. The average molecular weight is 496 g/mol. The Labute approximate surface area is 203 Å². The van der Waals surface area contributed by atoms with E-state index in [0.29, 0.717) is 27.6 Å². The summed E-state index contributed by atoms with van der Waals surface area (Å²) in [5.41, 5.74) is 2.13. The number of sulfonamides is 1. The van der Waals surface area contributed by atoms with Crippen molar-refractivity contribution in [3.63, 3.8) is 0 Å². The maximum atomic E-state index is 13.0. The molecule has 3 N–H and O–H groups in total. The number of amides is 2. The number of hydrogen-bond donors (Lipinski definition) is 3. The number of para-hydroxylation sites is 1. The first-order valence-corrected chi connectivity index (χ1v) is 12.5. The van der Waals surface area contributed by atoms with E-state index in [2.05, 4.69) is 20.3 Å². The summed E-state index contributed by atoms with van der Waals surface area (Å²) >= 11 is 5.88. The summed E-state index contributed by atoms with van der Waals surface area (Å²) in [6, 6.07) is 19.0. The Morgan fingerprint density at radius 3 is 2.32 bits per heavy atom. The molecular formula is C24H22ClN5O3S. The van der Waals surface area contributed by atoms with Gasteiger partial charge in [-0.05, 0) is 67.4 Å². The van der Waals surface area contributed by atoms with Crippen LogP contribution in [0.5, 0.6) is 0 Å². The molecule has 0 unspecified atom stereocenters. The number of nitriles is 1. The molecule has 0 atom stereocenters. The van der Waals surface area contributed by atoms with Crippen molar-refractivity contribution in [2.75, 3.05) is 33.3 Å². The normalized spacial score (nSPS) is 13.2. The lowest BCUT2D eigenvalue weighted by Gasteiger charge is -2.22. The fourth-order valence-corrected chi connectivity index (χ4v) is 4.92. The molecule has 0 aliphatic carbocycles. The molecule has 3 aromatic carbocycles. The van der Waals surface area contributed by atoms with E-state index < -0.39 is 16.1 Å². The summed E-state index contributed by atoms with van der Waals surface area (Å²) < 4.78 is 28.5. The van der Waals surface area contributed by atoms with Gasteiger partial charge in [0.25, 0.3) is 10.0 Å². The molecule has 1 aliphatic rings. The van der Waals surface area contributed by atoms with Crippen LogP contribution in [0.15, 0.2) is 71.6 Å². The van der Waals surface area contributed by atoms with E-state index in [1.54, 1.807) is 54.6 Å². The predicted octanol–water partition coefficient (Wildman–Crippen LogP) is 5.26. The van der Waals surface area contributed by atoms with E-state index in [0.717, 1.165) is 31.6 Å². The monoisotopic (exact) mass is 495 g/mol. The molecule has 1 aliphatic heterocycles. The molecule has 0 saturated carbocycles. The van der Waals surface area contributed by atoms with Gasteiger partial charge in [-0.25, -0.2) is 13.2 Å². The number of halogens is 1. The summed E-state index contributed by atoms with van der Waals surface area (Å²) in [5.74, 6) is 0. The number of carbonyl (C=O) groups is 1. The minimum atomic E-state index is -3.92. The van der Waals surface area contributed by atoms with Gasteiger partial charge in [-0.15, -0.1) is 0 Å². The number of carbonyl (C=O) groups excluding carboxylic acids is 1. The highest BCUT2D eigenvalue weighted by Gasteiger charge is 2.22. The van der Waals surface area contributed by atoms with E-state index in [-0.39, 0.29) is 4.90 Å². The second kappa shape index (κ2) is 10.0. The first-order chi connectivity index (χ1) is 16.4. The zero-order chi connectivity index (χ0) is 24.1. The average Bonchev–Trinajstić information content (AvgIpc) is 3.35. The lowest BCUT2D eigenvalue weighted by molar-refractivity contribution is 0.262. The van der Waals surface area contributed by atoms with Gasteiger partial charge in [0.05, 0.1) is 27.5 Å². The first kappa shape index (κ1) is 23.4. The van der Waals surface area contributed by atoms with E-state index in [9.17, 15) is 18.5 Å². The Balaban J connectivity index is 1.62. The quantitative estimate of drug-likeness (QED) is 0.431. The van der Waals surface area contributed by atoms with E-state index in [1.807, 2.05) is 6.07 Å². The summed E-state index contributed by atoms with van der Waals surface area (Å²) in [6.07, 6.45) is 2.03. The number of hydrogen-bond acceptors (Lipinski definition) is 5. The van der Waals surface area contributed by atoms with Gasteiger partial charge in [0.1, 0.15) is 6.07 Å². The SMILES string of the molecule is N#Cc1ccccc1NC(=O)Nc1cc(S(=O)(=O)Nc2ccc(Cl)cc2)ccc1N1CCCC1. The van der Waals surface area contributed by atoms with Gasteiger partial charge in [-0.2, -0.15) is 5.26 Å². The third-order valence-electron chi connectivity index (χ3n) is 5.37. The minimum absolute atomic E-state index is 0.00174. The molecule has 1 heterocycles. The van der Waals surface area contributed by atoms with Crippen LogP contribution in [-0.2, 0) is 10.0 Å². The molecule has 10 heteroatoms. The van der Waals surface area contributed by atoms with Crippen LogP contribution < -0.4 is 20.3 Å². The number of anilines is 4. The van der Waals surface area contributed by atoms with Crippen molar-refractivity contribution >= 4 is 50.4 Å². The Morgan fingerprint density at radius 1 is 0.941 bits per heavy atom. The van der Waals surface area contributed by atoms with Crippen LogP contribution in [0.2, 0.25) is 5.02 Å². The third kappa shape index (κ3) is 5.42. The summed E-state index contributed by atoms with van der Waals surface area (Å²) in [6.45, 7) is 1.62. The lowest BCUT2D eigenvalue weighted by Crippen LogP contribution is -2.24. The molecule has 0 radical (unpaired) electrons. The van der Waals surface area contributed by atoms with Crippen molar-refractivity contribution < 1.29 is 13.2 Å². The predicted molar refractivity (Wildman–Crippen MR) is 134 cm³/mol. The standard InChI is InChI=1S/C24H22ClN5O3S/c25-18-7-9-19(10-8-18)29-34(32,33)20-11-12-23(30-13-3-4-14-30)22(15-20)28-24(31)27-21-6-2-1-5-17(21)16-26/h1-2,5-12,15,29H,3-4,13-14H2,(H2,27,28,31). The van der Waals surface area contributed by atoms with Crippen molar-refractivity contribution in [3.8, 4) is 6.07 Å². The van der Waals surface area contributed by atoms with Crippen molar-refractivity contribution in [3.05, 3.63) is 77.3 Å². The number of rotatable bonds is 6. The molecule has 1 saturated heterocycles. The molecule has 2 amide bonds. The van der Waals surface area contributed by atoms with Gasteiger partial charge in [-0.1, -0.05) is 23.7 Å². The summed E-state index contributed by atoms with van der Waals surface area (Å²) in [4.78, 5) is 14.9. The van der Waals surface area contributed by atoms with Crippen LogP contribution in [0.3, 0.4) is 0 Å². The molecule has 174 valence electrons. The Bertz CT molecular complexity index is 1350. The molecule has 0 bridgehead atoms. The molecular weight excluding hydrogens is 474 g/mol. The molecule has 34 heavy (non-hydrogen) atoms. The largest absolute Gasteiger partial charge is 0.370 e. The number of nitrogens with zero attached hydrogens (tertiary/aromatic N) is 2. The molecule has 1 fully saturated rings. The van der Waals surface area contributed by atoms with Gasteiger partial charge in [0, 0.05) is 23.8 Å². The van der Waals surface area contributed by atoms with E-state index >= 15 is 0 Å². The molecule has 3 aromatic rings. The molecule has 0 spiro atoms. The number of benzene rings is 3. The topological polar surface area (TPSA) is 114 Å². The second-order valence-electron chi connectivity index (χ2n) is 7.72. The van der Waals surface area contributed by atoms with Crippen molar-refractivity contribution in [1.29, 1.82) is 5.26 Å². The lowest BCUT2D eigenvalue weighted by atomic mass is 10.2. The fourth-order valence-electron chi connectivity index (χ4n) is 3.71. The van der Waals surface area contributed by atoms with Crippen LogP contribution >= 0.6 is 11.6 Å². The number of urea groups is 1. The first-order valence-electron chi connectivity index (χ1n) is 10.6. The maximum absolute atomic E-state index is 13.0. The Morgan fingerprint density at radius 2 is 1.62 bits per heavy atom. The summed E-state index contributed by atoms with van der Waals surface area (Å²) in [7, 11) is -3.92. The molecule has 0 aromatic heterocycles. The van der Waals surface area contributed by atoms with Crippen LogP contribution in [0, 0.1) is 11.3 Å². The summed E-state index contributed by atoms with van der Waals surface area (Å²) in [5, 5.41) is 15.2. The van der Waals surface area contributed by atoms with Crippen molar-refractivity contribution in [2.24, 2.45) is 0 Å². The highest BCUT2D eigenvalue weighted by Crippen LogP contribution is 2.32. The van der Waals surface area contributed by atoms with Crippen molar-refractivity contribution in [1.82, 2.24) is 0 Å².